The molecule has 1 aliphatic rings. The van der Waals surface area contributed by atoms with Gasteiger partial charge in [-0.1, -0.05) is 19.8 Å². The van der Waals surface area contributed by atoms with Crippen molar-refractivity contribution in [3.05, 3.63) is 16.0 Å². The van der Waals surface area contributed by atoms with Gasteiger partial charge in [-0.2, -0.15) is 0 Å². The average Bonchev–Trinajstić information content (AvgIpc) is 2.82. The molecule has 1 saturated carbocycles. The Balaban J connectivity index is 2.26. The highest BCUT2D eigenvalue weighted by Crippen LogP contribution is 2.35. The maximum absolute atomic E-state index is 12.5. The molecule has 0 radical (unpaired) electrons. The minimum absolute atomic E-state index is 0.337. The van der Waals surface area contributed by atoms with Crippen molar-refractivity contribution in [2.75, 3.05) is 5.32 Å². The Morgan fingerprint density at radius 2 is 1.87 bits per heavy atom. The van der Waals surface area contributed by atoms with Crippen LogP contribution in [0.5, 0.6) is 0 Å². The number of anilines is 1. The Kier molecular flexibility index (Phi) is 5.41. The molecule has 1 aromatic rings. The Labute approximate surface area is 139 Å². The van der Waals surface area contributed by atoms with Crippen molar-refractivity contribution >= 4 is 34.1 Å². The number of hydrogen-bond donors (Lipinski definition) is 2. The molecule has 2 atom stereocenters. The molecule has 0 unspecified atom stereocenters. The molecule has 7 heteroatoms. The predicted molar refractivity (Wildman–Crippen MR) is 86.0 cm³/mol. The zero-order chi connectivity index (χ0) is 17.1. The number of carboxylic acids is 1. The first-order chi connectivity index (χ1) is 10.9. The summed E-state index contributed by atoms with van der Waals surface area (Å²) < 4.78 is 0. The molecular weight excluding hydrogens is 316 g/mol. The van der Waals surface area contributed by atoms with Crippen LogP contribution in [0.1, 0.15) is 53.4 Å². The molecule has 23 heavy (non-hydrogen) atoms. The summed E-state index contributed by atoms with van der Waals surface area (Å²) in [4.78, 5) is 36.4. The molecule has 2 rings (SSSR count). The van der Waals surface area contributed by atoms with E-state index in [-0.39, 0.29) is 5.91 Å². The molecule has 0 saturated heterocycles. The van der Waals surface area contributed by atoms with E-state index in [0.717, 1.165) is 23.3 Å². The van der Waals surface area contributed by atoms with E-state index in [1.807, 2.05) is 13.8 Å². The van der Waals surface area contributed by atoms with Crippen molar-refractivity contribution < 1.29 is 19.5 Å². The monoisotopic (exact) mass is 337 g/mol. The first-order valence-electron chi connectivity index (χ1n) is 7.80. The molecule has 1 heterocycles. The van der Waals surface area contributed by atoms with Gasteiger partial charge in [0.2, 0.25) is 5.91 Å². The number of carbonyl (C=O) groups excluding carboxylic acids is 3. The highest BCUT2D eigenvalue weighted by Gasteiger charge is 2.33. The van der Waals surface area contributed by atoms with Crippen LogP contribution in [0.25, 0.3) is 0 Å². The number of nitrogens with two attached hydrogens (primary N) is 1. The number of rotatable bonds is 5. The Morgan fingerprint density at radius 1 is 1.26 bits per heavy atom. The van der Waals surface area contributed by atoms with Gasteiger partial charge in [-0.15, -0.1) is 11.3 Å². The molecule has 3 N–H and O–H groups in total. The van der Waals surface area contributed by atoms with E-state index < -0.39 is 23.7 Å². The molecule has 6 nitrogen and oxygen atoms in total. The second-order valence-electron chi connectivity index (χ2n) is 5.86. The molecule has 0 bridgehead atoms. The van der Waals surface area contributed by atoms with E-state index in [4.69, 9.17) is 5.73 Å². The maximum atomic E-state index is 12.5. The van der Waals surface area contributed by atoms with Crippen LogP contribution in [-0.2, 0) is 16.0 Å². The lowest BCUT2D eigenvalue weighted by molar-refractivity contribution is -0.313. The fraction of sp³-hybridized carbons (Fsp3) is 0.562. The number of primary amides is 1. The van der Waals surface area contributed by atoms with Crippen LogP contribution in [-0.4, -0.2) is 17.8 Å². The van der Waals surface area contributed by atoms with E-state index in [9.17, 15) is 19.5 Å². The van der Waals surface area contributed by atoms with Gasteiger partial charge in [0.15, 0.2) is 0 Å². The molecular formula is C16H21N2O4S-. The van der Waals surface area contributed by atoms with Crippen molar-refractivity contribution in [1.82, 2.24) is 0 Å². The number of carboxylic acid groups (broad SMARTS) is 1. The minimum Gasteiger partial charge on any atom is -0.550 e. The number of aliphatic carboxylic acids is 1. The first-order valence-corrected chi connectivity index (χ1v) is 8.62. The van der Waals surface area contributed by atoms with Gasteiger partial charge in [-0.05, 0) is 31.7 Å². The van der Waals surface area contributed by atoms with Gasteiger partial charge in [0.1, 0.15) is 5.00 Å². The van der Waals surface area contributed by atoms with E-state index in [1.54, 1.807) is 0 Å². The number of thiophene rings is 1. The van der Waals surface area contributed by atoms with Crippen molar-refractivity contribution in [3.63, 3.8) is 0 Å². The molecule has 1 aromatic heterocycles. The molecule has 0 aliphatic heterocycles. The van der Waals surface area contributed by atoms with Crippen molar-refractivity contribution in [2.45, 2.75) is 46.0 Å². The molecule has 1 fully saturated rings. The topological polar surface area (TPSA) is 112 Å². The quantitative estimate of drug-likeness (QED) is 0.841. The Bertz CT molecular complexity index is 638. The molecule has 0 aromatic carbocycles. The van der Waals surface area contributed by atoms with Gasteiger partial charge in [-0.25, -0.2) is 0 Å². The highest BCUT2D eigenvalue weighted by atomic mass is 32.1. The van der Waals surface area contributed by atoms with E-state index in [1.165, 1.54) is 11.3 Å². The van der Waals surface area contributed by atoms with Crippen LogP contribution in [0.2, 0.25) is 0 Å². The third kappa shape index (κ3) is 3.55. The number of hydrogen-bond acceptors (Lipinski definition) is 5. The molecule has 0 spiro atoms. The summed E-state index contributed by atoms with van der Waals surface area (Å²) in [6, 6.07) is 0. The van der Waals surface area contributed by atoms with E-state index >= 15 is 0 Å². The fourth-order valence-corrected chi connectivity index (χ4v) is 4.44. The molecule has 2 amide bonds. The lowest BCUT2D eigenvalue weighted by atomic mass is 9.79. The second kappa shape index (κ2) is 7.12. The zero-order valence-corrected chi connectivity index (χ0v) is 14.1. The van der Waals surface area contributed by atoms with Crippen LogP contribution in [0.4, 0.5) is 5.00 Å². The van der Waals surface area contributed by atoms with E-state index in [2.05, 4.69) is 5.32 Å². The standard InChI is InChI=1S/C16H22N2O4S/c1-3-9-8(2)23-15(12(9)13(17)19)18-14(20)10-6-4-5-7-11(10)16(21)22/h10-11H,3-7H2,1-2H3,(H2,17,19)(H,18,20)(H,21,22)/p-1/t10-,11+/m1/s1. The van der Waals surface area contributed by atoms with Crippen LogP contribution in [0.15, 0.2) is 0 Å². The van der Waals surface area contributed by atoms with Gasteiger partial charge >= 0.3 is 0 Å². The van der Waals surface area contributed by atoms with Crippen LogP contribution < -0.4 is 16.2 Å². The molecule has 126 valence electrons. The van der Waals surface area contributed by atoms with Crippen LogP contribution in [0, 0.1) is 18.8 Å². The smallest absolute Gasteiger partial charge is 0.251 e. The second-order valence-corrected chi connectivity index (χ2v) is 7.09. The predicted octanol–water partition coefficient (Wildman–Crippen LogP) is 1.21. The summed E-state index contributed by atoms with van der Waals surface area (Å²) in [5.74, 6) is -3.53. The number of nitrogens with one attached hydrogen (secondary N) is 1. The first kappa shape index (κ1) is 17.5. The van der Waals surface area contributed by atoms with Crippen molar-refractivity contribution in [2.24, 2.45) is 17.6 Å². The van der Waals surface area contributed by atoms with Crippen LogP contribution >= 0.6 is 11.3 Å². The fourth-order valence-electron chi connectivity index (χ4n) is 3.28. The van der Waals surface area contributed by atoms with Crippen molar-refractivity contribution in [3.8, 4) is 0 Å². The summed E-state index contributed by atoms with van der Waals surface area (Å²) in [6.07, 6.45) is 3.21. The summed E-state index contributed by atoms with van der Waals surface area (Å²) in [5.41, 5.74) is 6.61. The van der Waals surface area contributed by atoms with Gasteiger partial charge in [0, 0.05) is 22.7 Å². The average molecular weight is 337 g/mol. The SMILES string of the molecule is CCc1c(C)sc(NC(=O)[C@@H]2CCCC[C@@H]2C(=O)[O-])c1C(N)=O. The van der Waals surface area contributed by atoms with Crippen LogP contribution in [0.3, 0.4) is 0 Å². The maximum Gasteiger partial charge on any atom is 0.251 e. The lowest BCUT2D eigenvalue weighted by Gasteiger charge is -2.31. The molecule has 1 aliphatic carbocycles. The van der Waals surface area contributed by atoms with Gasteiger partial charge in [0.05, 0.1) is 5.56 Å². The third-order valence-corrected chi connectivity index (χ3v) is 5.51. The Hall–Kier alpha value is -1.89. The largest absolute Gasteiger partial charge is 0.550 e. The Morgan fingerprint density at radius 3 is 2.39 bits per heavy atom. The summed E-state index contributed by atoms with van der Waals surface area (Å²) in [7, 11) is 0. The summed E-state index contributed by atoms with van der Waals surface area (Å²) in [5, 5.41) is 14.4. The van der Waals surface area contributed by atoms with Gasteiger partial charge in [-0.3, -0.25) is 9.59 Å². The number of aryl methyl sites for hydroxylation is 1. The highest BCUT2D eigenvalue weighted by molar-refractivity contribution is 7.16. The minimum atomic E-state index is -1.18. The van der Waals surface area contributed by atoms with Gasteiger partial charge in [0.25, 0.3) is 5.91 Å². The third-order valence-electron chi connectivity index (χ3n) is 4.45. The lowest BCUT2D eigenvalue weighted by Crippen LogP contribution is -2.42. The number of amides is 2. The summed E-state index contributed by atoms with van der Waals surface area (Å²) in [6.45, 7) is 3.79. The van der Waals surface area contributed by atoms with Gasteiger partial charge < -0.3 is 21.0 Å². The van der Waals surface area contributed by atoms with E-state index in [0.29, 0.717) is 29.8 Å². The number of carbonyl (C=O) groups is 3. The van der Waals surface area contributed by atoms with Crippen molar-refractivity contribution in [1.29, 1.82) is 0 Å². The zero-order valence-electron chi connectivity index (χ0n) is 13.3. The summed E-state index contributed by atoms with van der Waals surface area (Å²) >= 11 is 1.30. The normalized spacial score (nSPS) is 21.0.